The Morgan fingerprint density at radius 1 is 1.22 bits per heavy atom. The van der Waals surface area contributed by atoms with Crippen LogP contribution in [-0.2, 0) is 4.79 Å². The molecule has 4 nitrogen and oxygen atoms in total. The number of halogens is 1. The molecule has 1 aliphatic heterocycles. The maximum atomic E-state index is 13.3. The number of hydrogen-bond donors (Lipinski definition) is 0. The summed E-state index contributed by atoms with van der Waals surface area (Å²) in [5, 5.41) is 0. The molecular formula is C18H16FNO3. The van der Waals surface area contributed by atoms with Crippen molar-refractivity contribution in [2.45, 2.75) is 13.3 Å². The highest BCUT2D eigenvalue weighted by Gasteiger charge is 2.27. The number of rotatable bonds is 3. The number of benzene rings is 2. The number of hydrogen-bond acceptors (Lipinski definition) is 3. The Bertz CT molecular complexity index is 755. The number of amides is 1. The van der Waals surface area contributed by atoms with Gasteiger partial charge in [0.05, 0.1) is 5.69 Å². The van der Waals surface area contributed by atoms with E-state index in [4.69, 9.17) is 4.74 Å². The summed E-state index contributed by atoms with van der Waals surface area (Å²) in [5.41, 5.74) is 1.80. The van der Waals surface area contributed by atoms with E-state index in [-0.39, 0.29) is 36.8 Å². The second-order valence-corrected chi connectivity index (χ2v) is 5.48. The quantitative estimate of drug-likeness (QED) is 0.874. The SMILES string of the molecule is Cc1ccc(OCC(=O)N2CCC(=O)c3cc(F)ccc32)cc1. The smallest absolute Gasteiger partial charge is 0.264 e. The van der Waals surface area contributed by atoms with Gasteiger partial charge in [-0.1, -0.05) is 17.7 Å². The van der Waals surface area contributed by atoms with E-state index in [0.29, 0.717) is 11.4 Å². The summed E-state index contributed by atoms with van der Waals surface area (Å²) in [4.78, 5) is 25.7. The predicted octanol–water partition coefficient (Wildman–Crippen LogP) is 3.13. The van der Waals surface area contributed by atoms with E-state index in [9.17, 15) is 14.0 Å². The van der Waals surface area contributed by atoms with Crippen molar-refractivity contribution < 1.29 is 18.7 Å². The number of fused-ring (bicyclic) bond motifs is 1. The summed E-state index contributed by atoms with van der Waals surface area (Å²) in [6, 6.07) is 11.3. The first-order valence-corrected chi connectivity index (χ1v) is 7.37. The van der Waals surface area contributed by atoms with E-state index >= 15 is 0 Å². The lowest BCUT2D eigenvalue weighted by molar-refractivity contribution is -0.120. The third kappa shape index (κ3) is 3.23. The van der Waals surface area contributed by atoms with E-state index in [1.165, 1.54) is 23.1 Å². The minimum atomic E-state index is -0.484. The molecule has 3 rings (SSSR count). The second kappa shape index (κ2) is 6.20. The van der Waals surface area contributed by atoms with E-state index < -0.39 is 5.82 Å². The molecule has 0 aliphatic carbocycles. The fraction of sp³-hybridized carbons (Fsp3) is 0.222. The van der Waals surface area contributed by atoms with Crippen LogP contribution in [0.3, 0.4) is 0 Å². The zero-order valence-electron chi connectivity index (χ0n) is 12.7. The van der Waals surface area contributed by atoms with Crippen molar-refractivity contribution in [3.8, 4) is 5.75 Å². The van der Waals surface area contributed by atoms with Crippen LogP contribution in [0, 0.1) is 12.7 Å². The number of nitrogens with zero attached hydrogens (tertiary/aromatic N) is 1. The summed E-state index contributed by atoms with van der Waals surface area (Å²) < 4.78 is 18.8. The number of carbonyl (C=O) groups excluding carboxylic acids is 2. The first-order valence-electron chi connectivity index (χ1n) is 7.37. The van der Waals surface area contributed by atoms with Crippen LogP contribution in [0.2, 0.25) is 0 Å². The van der Waals surface area contributed by atoms with Gasteiger partial charge in [0.2, 0.25) is 0 Å². The monoisotopic (exact) mass is 313 g/mol. The molecule has 1 heterocycles. The van der Waals surface area contributed by atoms with Crippen molar-refractivity contribution in [3.05, 3.63) is 59.4 Å². The number of anilines is 1. The highest BCUT2D eigenvalue weighted by atomic mass is 19.1. The first-order chi connectivity index (χ1) is 11.0. The summed E-state index contributed by atoms with van der Waals surface area (Å²) in [7, 11) is 0. The highest BCUT2D eigenvalue weighted by Crippen LogP contribution is 2.28. The second-order valence-electron chi connectivity index (χ2n) is 5.48. The van der Waals surface area contributed by atoms with Crippen LogP contribution in [0.4, 0.5) is 10.1 Å². The molecule has 0 atom stereocenters. The van der Waals surface area contributed by atoms with Crippen LogP contribution in [0.1, 0.15) is 22.3 Å². The average molecular weight is 313 g/mol. The topological polar surface area (TPSA) is 46.6 Å². The summed E-state index contributed by atoms with van der Waals surface area (Å²) in [6.07, 6.45) is 0.187. The molecule has 118 valence electrons. The van der Waals surface area contributed by atoms with Crippen molar-refractivity contribution in [3.63, 3.8) is 0 Å². The zero-order valence-corrected chi connectivity index (χ0v) is 12.7. The third-order valence-electron chi connectivity index (χ3n) is 3.80. The van der Waals surface area contributed by atoms with Gasteiger partial charge in [0.25, 0.3) is 5.91 Å². The summed E-state index contributed by atoms with van der Waals surface area (Å²) in [5.74, 6) is -0.285. The zero-order chi connectivity index (χ0) is 16.4. The lowest BCUT2D eigenvalue weighted by Gasteiger charge is -2.28. The number of ether oxygens (including phenoxy) is 1. The van der Waals surface area contributed by atoms with Crippen molar-refractivity contribution in [1.29, 1.82) is 0 Å². The molecule has 0 radical (unpaired) electrons. The van der Waals surface area contributed by atoms with Crippen molar-refractivity contribution in [2.24, 2.45) is 0 Å². The van der Waals surface area contributed by atoms with Gasteiger partial charge in [-0.05, 0) is 37.3 Å². The van der Waals surface area contributed by atoms with Gasteiger partial charge in [-0.25, -0.2) is 4.39 Å². The molecule has 0 spiro atoms. The number of carbonyl (C=O) groups is 2. The standard InChI is InChI=1S/C18H16FNO3/c1-12-2-5-14(6-3-12)23-11-18(22)20-9-8-17(21)15-10-13(19)4-7-16(15)20/h2-7,10H,8-9,11H2,1H3. The Balaban J connectivity index is 1.74. The van der Waals surface area contributed by atoms with Crippen LogP contribution < -0.4 is 9.64 Å². The Kier molecular flexibility index (Phi) is 4.10. The van der Waals surface area contributed by atoms with E-state index in [1.807, 2.05) is 19.1 Å². The minimum Gasteiger partial charge on any atom is -0.484 e. The molecule has 0 bridgehead atoms. The Labute approximate surface area is 133 Å². The van der Waals surface area contributed by atoms with Crippen molar-refractivity contribution in [2.75, 3.05) is 18.1 Å². The fourth-order valence-corrected chi connectivity index (χ4v) is 2.55. The largest absolute Gasteiger partial charge is 0.484 e. The van der Waals surface area contributed by atoms with Crippen LogP contribution in [0.5, 0.6) is 5.75 Å². The first kappa shape index (κ1) is 15.2. The van der Waals surface area contributed by atoms with Gasteiger partial charge < -0.3 is 9.64 Å². The molecule has 2 aromatic rings. The van der Waals surface area contributed by atoms with E-state index in [2.05, 4.69) is 0 Å². The van der Waals surface area contributed by atoms with Crippen LogP contribution in [0.25, 0.3) is 0 Å². The molecule has 1 amide bonds. The molecule has 5 heteroatoms. The molecule has 0 saturated carbocycles. The van der Waals surface area contributed by atoms with Crippen molar-refractivity contribution in [1.82, 2.24) is 0 Å². The number of ketones is 1. The Morgan fingerprint density at radius 2 is 1.96 bits per heavy atom. The molecule has 0 fully saturated rings. The molecular weight excluding hydrogens is 297 g/mol. The van der Waals surface area contributed by atoms with Gasteiger partial charge in [-0.2, -0.15) is 0 Å². The summed E-state index contributed by atoms with van der Waals surface area (Å²) in [6.45, 7) is 2.12. The summed E-state index contributed by atoms with van der Waals surface area (Å²) >= 11 is 0. The normalized spacial score (nSPS) is 13.7. The van der Waals surface area contributed by atoms with Gasteiger partial charge in [-0.15, -0.1) is 0 Å². The van der Waals surface area contributed by atoms with Crippen molar-refractivity contribution >= 4 is 17.4 Å². The molecule has 2 aromatic carbocycles. The van der Waals surface area contributed by atoms with E-state index in [1.54, 1.807) is 12.1 Å². The molecule has 1 aliphatic rings. The van der Waals surface area contributed by atoms with Crippen LogP contribution in [-0.4, -0.2) is 24.8 Å². The maximum absolute atomic E-state index is 13.3. The molecule has 0 saturated heterocycles. The lowest BCUT2D eigenvalue weighted by Crippen LogP contribution is -2.40. The molecule has 23 heavy (non-hydrogen) atoms. The van der Waals surface area contributed by atoms with Gasteiger partial charge in [0, 0.05) is 18.5 Å². The molecule has 0 aromatic heterocycles. The minimum absolute atomic E-state index is 0.131. The van der Waals surface area contributed by atoms with Gasteiger partial charge in [0.15, 0.2) is 12.4 Å². The lowest BCUT2D eigenvalue weighted by atomic mass is 10.00. The fourth-order valence-electron chi connectivity index (χ4n) is 2.55. The number of Topliss-reactive ketones (excluding diaryl/α,β-unsaturated/α-hetero) is 1. The third-order valence-corrected chi connectivity index (χ3v) is 3.80. The Hall–Kier alpha value is -2.69. The molecule has 0 N–H and O–H groups in total. The maximum Gasteiger partial charge on any atom is 0.264 e. The molecule has 0 unspecified atom stereocenters. The van der Waals surface area contributed by atoms with Crippen LogP contribution >= 0.6 is 0 Å². The highest BCUT2D eigenvalue weighted by molar-refractivity contribution is 6.09. The average Bonchev–Trinajstić information content (AvgIpc) is 2.55. The van der Waals surface area contributed by atoms with Crippen LogP contribution in [0.15, 0.2) is 42.5 Å². The van der Waals surface area contributed by atoms with Gasteiger partial charge in [0.1, 0.15) is 11.6 Å². The van der Waals surface area contributed by atoms with Gasteiger partial charge >= 0.3 is 0 Å². The predicted molar refractivity (Wildman–Crippen MR) is 84.4 cm³/mol. The van der Waals surface area contributed by atoms with Gasteiger partial charge in [-0.3, -0.25) is 9.59 Å². The Morgan fingerprint density at radius 3 is 2.70 bits per heavy atom. The van der Waals surface area contributed by atoms with E-state index in [0.717, 1.165) is 5.56 Å². The number of aryl methyl sites for hydroxylation is 1.